The van der Waals surface area contributed by atoms with Gasteiger partial charge in [-0.1, -0.05) is 23.2 Å². The monoisotopic (exact) mass is 484 g/mol. The molecule has 2 aromatic rings. The van der Waals surface area contributed by atoms with Gasteiger partial charge in [-0.2, -0.15) is 13.2 Å². The van der Waals surface area contributed by atoms with Gasteiger partial charge in [0.05, 0.1) is 26.2 Å². The molecule has 0 spiro atoms. The van der Waals surface area contributed by atoms with E-state index in [-0.39, 0.29) is 20.6 Å². The Labute approximate surface area is 181 Å². The molecular formula is C18H17Cl2F3N2O4S. The van der Waals surface area contributed by atoms with Crippen LogP contribution in [0.15, 0.2) is 35.2 Å². The molecule has 1 saturated heterocycles. The van der Waals surface area contributed by atoms with Crippen molar-refractivity contribution in [2.24, 2.45) is 0 Å². The van der Waals surface area contributed by atoms with E-state index in [1.165, 1.54) is 0 Å². The number of phenolic OH excluding ortho intramolecular Hbond substituents is 1. The molecule has 3 rings (SSSR count). The van der Waals surface area contributed by atoms with E-state index in [0.29, 0.717) is 19.5 Å². The van der Waals surface area contributed by atoms with E-state index >= 15 is 0 Å². The lowest BCUT2D eigenvalue weighted by atomic mass is 10.1. The highest BCUT2D eigenvalue weighted by atomic mass is 35.5. The molecule has 0 aliphatic carbocycles. The third-order valence-electron chi connectivity index (χ3n) is 4.53. The Balaban J connectivity index is 1.97. The summed E-state index contributed by atoms with van der Waals surface area (Å²) in [5.41, 5.74) is -2.03. The number of nitrogens with one attached hydrogen (secondary N) is 2. The van der Waals surface area contributed by atoms with Crippen LogP contribution in [0.1, 0.15) is 18.9 Å². The van der Waals surface area contributed by atoms with E-state index in [1.54, 1.807) is 6.92 Å². The number of halogens is 5. The highest BCUT2D eigenvalue weighted by molar-refractivity contribution is 7.92. The number of rotatable bonds is 5. The van der Waals surface area contributed by atoms with Gasteiger partial charge in [-0.3, -0.25) is 4.72 Å². The lowest BCUT2D eigenvalue weighted by Gasteiger charge is -2.27. The maximum absolute atomic E-state index is 13.4. The highest BCUT2D eigenvalue weighted by Gasteiger charge is 2.38. The van der Waals surface area contributed by atoms with Crippen LogP contribution in [0.2, 0.25) is 10.0 Å². The molecule has 0 aromatic heterocycles. The molecule has 0 unspecified atom stereocenters. The molecule has 0 saturated carbocycles. The first-order valence-electron chi connectivity index (χ1n) is 8.63. The van der Waals surface area contributed by atoms with Gasteiger partial charge in [-0.25, -0.2) is 8.42 Å². The van der Waals surface area contributed by atoms with Crippen LogP contribution in [-0.2, 0) is 16.2 Å². The summed E-state index contributed by atoms with van der Waals surface area (Å²) in [6.07, 6.45) is -4.20. The lowest BCUT2D eigenvalue weighted by Crippen LogP contribution is -2.35. The lowest BCUT2D eigenvalue weighted by molar-refractivity contribution is -0.139. The van der Waals surface area contributed by atoms with Crippen LogP contribution in [0.3, 0.4) is 0 Å². The summed E-state index contributed by atoms with van der Waals surface area (Å²) >= 11 is 11.5. The largest absolute Gasteiger partial charge is 0.505 e. The topological polar surface area (TPSA) is 87.7 Å². The molecule has 1 heterocycles. The zero-order valence-corrected chi connectivity index (χ0v) is 17.8. The SMILES string of the molecule is C[C@@]1(Oc2cc(NS(=O)(=O)c3cc(Cl)c(O)c(Cl)c3)ccc2C(F)(F)F)CCNC1. The van der Waals surface area contributed by atoms with Crippen molar-refractivity contribution in [2.45, 2.75) is 30.0 Å². The number of benzene rings is 2. The van der Waals surface area contributed by atoms with Gasteiger partial charge in [0.25, 0.3) is 10.0 Å². The summed E-state index contributed by atoms with van der Waals surface area (Å²) < 4.78 is 73.4. The summed E-state index contributed by atoms with van der Waals surface area (Å²) in [7, 11) is -4.26. The fourth-order valence-electron chi connectivity index (χ4n) is 2.96. The number of anilines is 1. The van der Waals surface area contributed by atoms with Crippen molar-refractivity contribution < 1.29 is 31.4 Å². The van der Waals surface area contributed by atoms with Gasteiger partial charge in [0.15, 0.2) is 5.75 Å². The zero-order chi connectivity index (χ0) is 22.3. The maximum Gasteiger partial charge on any atom is 0.419 e. The van der Waals surface area contributed by atoms with Crippen molar-refractivity contribution in [3.05, 3.63) is 45.9 Å². The van der Waals surface area contributed by atoms with Gasteiger partial charge in [0.2, 0.25) is 0 Å². The summed E-state index contributed by atoms with van der Waals surface area (Å²) in [5.74, 6) is -0.975. The van der Waals surface area contributed by atoms with Gasteiger partial charge >= 0.3 is 6.18 Å². The summed E-state index contributed by atoms with van der Waals surface area (Å²) in [6.45, 7) is 2.61. The van der Waals surface area contributed by atoms with E-state index in [2.05, 4.69) is 10.0 Å². The molecule has 0 amide bonds. The fourth-order valence-corrected chi connectivity index (χ4v) is 4.68. The van der Waals surface area contributed by atoms with Crippen molar-refractivity contribution in [3.63, 3.8) is 0 Å². The van der Waals surface area contributed by atoms with Crippen LogP contribution in [0.25, 0.3) is 0 Å². The first-order valence-corrected chi connectivity index (χ1v) is 10.9. The third kappa shape index (κ3) is 4.88. The molecule has 12 heteroatoms. The van der Waals surface area contributed by atoms with Gasteiger partial charge < -0.3 is 15.2 Å². The molecule has 164 valence electrons. The van der Waals surface area contributed by atoms with Crippen LogP contribution in [0.4, 0.5) is 18.9 Å². The Hall–Kier alpha value is -1.88. The minimum absolute atomic E-state index is 0.145. The Morgan fingerprint density at radius 3 is 2.37 bits per heavy atom. The summed E-state index contributed by atoms with van der Waals surface area (Å²) in [5, 5.41) is 12.0. The molecule has 30 heavy (non-hydrogen) atoms. The molecule has 0 bridgehead atoms. The Bertz CT molecular complexity index is 1050. The summed E-state index contributed by atoms with van der Waals surface area (Å²) in [4.78, 5) is -0.371. The Morgan fingerprint density at radius 2 is 1.83 bits per heavy atom. The van der Waals surface area contributed by atoms with Gasteiger partial charge in [0, 0.05) is 19.0 Å². The van der Waals surface area contributed by atoms with Crippen molar-refractivity contribution in [1.82, 2.24) is 5.32 Å². The smallest absolute Gasteiger partial charge is 0.419 e. The standard InChI is InChI=1S/C18H17Cl2F3N2O4S/c1-17(4-5-24-9-17)29-15-6-10(2-3-12(15)18(21,22)23)25-30(27,28)11-7-13(19)16(26)14(20)8-11/h2-3,6-8,24-26H,4-5,9H2,1H3/t17-/m1/s1. The van der Waals surface area contributed by atoms with Crippen molar-refractivity contribution in [1.29, 1.82) is 0 Å². The molecule has 1 aliphatic heterocycles. The van der Waals surface area contributed by atoms with Crippen LogP contribution in [-0.4, -0.2) is 32.2 Å². The maximum atomic E-state index is 13.4. The zero-order valence-electron chi connectivity index (χ0n) is 15.5. The second-order valence-corrected chi connectivity index (χ2v) is 9.53. The first kappa shape index (κ1) is 22.8. The van der Waals surface area contributed by atoms with Gasteiger partial charge in [-0.05, 0) is 37.7 Å². The normalized spacial score (nSPS) is 19.7. The number of alkyl halides is 3. The molecule has 0 radical (unpaired) electrons. The van der Waals surface area contributed by atoms with Crippen molar-refractivity contribution in [3.8, 4) is 11.5 Å². The number of sulfonamides is 1. The number of ether oxygens (including phenoxy) is 1. The number of hydrogen-bond acceptors (Lipinski definition) is 5. The average Bonchev–Trinajstić information content (AvgIpc) is 3.04. The van der Waals surface area contributed by atoms with Crippen molar-refractivity contribution in [2.75, 3.05) is 17.8 Å². The third-order valence-corrected chi connectivity index (χ3v) is 6.46. The number of hydrogen-bond donors (Lipinski definition) is 3. The highest BCUT2D eigenvalue weighted by Crippen LogP contribution is 2.40. The van der Waals surface area contributed by atoms with E-state index < -0.39 is 38.9 Å². The molecular weight excluding hydrogens is 468 g/mol. The second kappa shape index (κ2) is 7.99. The van der Waals surface area contributed by atoms with E-state index in [0.717, 1.165) is 30.3 Å². The summed E-state index contributed by atoms with van der Waals surface area (Å²) in [6, 6.07) is 4.64. The quantitative estimate of drug-likeness (QED) is 0.574. The first-order chi connectivity index (χ1) is 13.8. The van der Waals surface area contributed by atoms with E-state index in [4.69, 9.17) is 27.9 Å². The van der Waals surface area contributed by atoms with Crippen LogP contribution < -0.4 is 14.8 Å². The van der Waals surface area contributed by atoms with Crippen LogP contribution in [0, 0.1) is 0 Å². The minimum atomic E-state index is -4.69. The Morgan fingerprint density at radius 1 is 1.20 bits per heavy atom. The Kier molecular flexibility index (Phi) is 6.07. The van der Waals surface area contributed by atoms with Gasteiger partial charge in [-0.15, -0.1) is 0 Å². The van der Waals surface area contributed by atoms with E-state index in [9.17, 15) is 26.7 Å². The molecule has 3 N–H and O–H groups in total. The predicted octanol–water partition coefficient (Wildman–Crippen LogP) is 4.65. The number of aromatic hydroxyl groups is 1. The predicted molar refractivity (Wildman–Crippen MR) is 107 cm³/mol. The van der Waals surface area contributed by atoms with Crippen molar-refractivity contribution >= 4 is 38.9 Å². The molecule has 1 aliphatic rings. The van der Waals surface area contributed by atoms with E-state index in [1.807, 2.05) is 0 Å². The molecule has 1 atom stereocenters. The average molecular weight is 485 g/mol. The van der Waals surface area contributed by atoms with Crippen LogP contribution >= 0.6 is 23.2 Å². The fraction of sp³-hybridized carbons (Fsp3) is 0.333. The molecule has 2 aromatic carbocycles. The van der Waals surface area contributed by atoms with Gasteiger partial charge in [0.1, 0.15) is 11.4 Å². The second-order valence-electron chi connectivity index (χ2n) is 7.03. The van der Waals surface area contributed by atoms with Crippen LogP contribution in [0.5, 0.6) is 11.5 Å². The minimum Gasteiger partial charge on any atom is -0.505 e. The molecule has 6 nitrogen and oxygen atoms in total. The molecule has 1 fully saturated rings. The number of phenols is 1.